The Labute approximate surface area is 175 Å². The molecular formula is C19H17ClN2O4S2. The van der Waals surface area contributed by atoms with E-state index in [1.54, 1.807) is 31.2 Å². The number of amides is 1. The van der Waals surface area contributed by atoms with E-state index in [0.717, 1.165) is 16.6 Å². The van der Waals surface area contributed by atoms with Gasteiger partial charge in [0.2, 0.25) is 0 Å². The molecule has 1 aromatic heterocycles. The minimum atomic E-state index is -0.369. The average molecular weight is 437 g/mol. The van der Waals surface area contributed by atoms with Crippen molar-refractivity contribution in [2.24, 2.45) is 4.99 Å². The molecule has 0 aliphatic carbocycles. The van der Waals surface area contributed by atoms with E-state index in [0.29, 0.717) is 33.9 Å². The quantitative estimate of drug-likeness (QED) is 0.494. The number of hydrogen-bond acceptors (Lipinski definition) is 7. The van der Waals surface area contributed by atoms with Gasteiger partial charge in [0.1, 0.15) is 11.4 Å². The molecule has 0 atom stereocenters. The van der Waals surface area contributed by atoms with Crippen LogP contribution in [-0.2, 0) is 14.3 Å². The average Bonchev–Trinajstić information content (AvgIpc) is 3.29. The van der Waals surface area contributed by atoms with Gasteiger partial charge in [-0.25, -0.2) is 4.99 Å². The number of thioether (sulfide) groups is 1. The van der Waals surface area contributed by atoms with Gasteiger partial charge >= 0.3 is 5.97 Å². The largest absolute Gasteiger partial charge is 0.495 e. The lowest BCUT2D eigenvalue weighted by atomic mass is 10.2. The van der Waals surface area contributed by atoms with E-state index in [1.807, 2.05) is 17.5 Å². The number of carbonyl (C=O) groups is 2. The zero-order valence-electron chi connectivity index (χ0n) is 15.2. The fourth-order valence-corrected chi connectivity index (χ4v) is 4.16. The molecule has 0 fully saturated rings. The highest BCUT2D eigenvalue weighted by molar-refractivity contribution is 8.14. The molecule has 6 nitrogen and oxygen atoms in total. The van der Waals surface area contributed by atoms with Gasteiger partial charge in [-0.2, -0.15) is 0 Å². The molecule has 3 rings (SSSR count). The van der Waals surface area contributed by atoms with Crippen molar-refractivity contribution in [1.82, 2.24) is 0 Å². The van der Waals surface area contributed by atoms with Crippen molar-refractivity contribution in [3.63, 3.8) is 0 Å². The Morgan fingerprint density at radius 1 is 1.39 bits per heavy atom. The molecule has 28 heavy (non-hydrogen) atoms. The first kappa shape index (κ1) is 20.4. The first-order chi connectivity index (χ1) is 13.5. The Morgan fingerprint density at radius 3 is 2.86 bits per heavy atom. The molecule has 0 unspecified atom stereocenters. The van der Waals surface area contributed by atoms with Crippen molar-refractivity contribution in [1.29, 1.82) is 0 Å². The molecule has 0 spiro atoms. The summed E-state index contributed by atoms with van der Waals surface area (Å²) in [5, 5.41) is 2.69. The summed E-state index contributed by atoms with van der Waals surface area (Å²) in [5.74, 6) is -0.108. The van der Waals surface area contributed by atoms with Crippen molar-refractivity contribution < 1.29 is 19.1 Å². The summed E-state index contributed by atoms with van der Waals surface area (Å²) in [6.07, 6.45) is 1.73. The van der Waals surface area contributed by atoms with Crippen LogP contribution in [0.25, 0.3) is 6.08 Å². The fraction of sp³-hybridized carbons (Fsp3) is 0.211. The Hall–Kier alpha value is -2.29. The van der Waals surface area contributed by atoms with Gasteiger partial charge in [-0.1, -0.05) is 29.4 Å². The number of benzene rings is 1. The molecular weight excluding hydrogens is 420 g/mol. The third-order valence-electron chi connectivity index (χ3n) is 3.67. The molecule has 1 aliphatic rings. The van der Waals surface area contributed by atoms with Crippen LogP contribution in [0.15, 0.2) is 46.4 Å². The van der Waals surface area contributed by atoms with Crippen LogP contribution in [0.1, 0.15) is 11.8 Å². The summed E-state index contributed by atoms with van der Waals surface area (Å²) >= 11 is 8.87. The van der Waals surface area contributed by atoms with E-state index >= 15 is 0 Å². The number of rotatable bonds is 6. The first-order valence-corrected chi connectivity index (χ1v) is 10.6. The van der Waals surface area contributed by atoms with Crippen LogP contribution < -0.4 is 9.64 Å². The van der Waals surface area contributed by atoms with Crippen LogP contribution in [0, 0.1) is 0 Å². The van der Waals surface area contributed by atoms with Crippen LogP contribution in [0.3, 0.4) is 0 Å². The first-order valence-electron chi connectivity index (χ1n) is 8.33. The van der Waals surface area contributed by atoms with Crippen molar-refractivity contribution in [2.45, 2.75) is 6.92 Å². The molecule has 0 N–H and O–H groups in total. The van der Waals surface area contributed by atoms with Gasteiger partial charge in [-0.15, -0.1) is 11.3 Å². The Morgan fingerprint density at radius 2 is 2.21 bits per heavy atom. The van der Waals surface area contributed by atoms with Gasteiger partial charge in [0.15, 0.2) is 5.17 Å². The number of halogens is 1. The van der Waals surface area contributed by atoms with Gasteiger partial charge in [0, 0.05) is 4.88 Å². The van der Waals surface area contributed by atoms with Crippen molar-refractivity contribution >= 4 is 63.5 Å². The maximum Gasteiger partial charge on any atom is 0.316 e. The van der Waals surface area contributed by atoms with E-state index in [2.05, 4.69) is 4.99 Å². The topological polar surface area (TPSA) is 68.2 Å². The molecule has 9 heteroatoms. The minimum absolute atomic E-state index is 0.0482. The standard InChI is InChI=1S/C19H17ClN2O4S2/c1-3-26-17(23)11-28-19-21-15(10-13-5-4-8-27-13)18(24)22(19)12-6-7-16(25-2)14(20)9-12/h4-10H,3,11H2,1-2H3/b15-10-. The number of nitrogens with zero attached hydrogens (tertiary/aromatic N) is 2. The predicted molar refractivity (Wildman–Crippen MR) is 114 cm³/mol. The normalized spacial score (nSPS) is 15.1. The SMILES string of the molecule is CCOC(=O)CSC1=N/C(=C\c2cccs2)C(=O)N1c1ccc(OC)c(Cl)c1. The highest BCUT2D eigenvalue weighted by Gasteiger charge is 2.33. The second kappa shape index (κ2) is 9.27. The lowest BCUT2D eigenvalue weighted by molar-refractivity contribution is -0.139. The van der Waals surface area contributed by atoms with Gasteiger partial charge in [-0.05, 0) is 42.6 Å². The zero-order valence-corrected chi connectivity index (χ0v) is 17.6. The molecule has 0 bridgehead atoms. The second-order valence-corrected chi connectivity index (χ2v) is 7.82. The molecule has 1 aromatic carbocycles. The lowest BCUT2D eigenvalue weighted by Crippen LogP contribution is -2.31. The molecule has 0 saturated heterocycles. The van der Waals surface area contributed by atoms with Gasteiger partial charge in [0.05, 0.1) is 30.2 Å². The smallest absolute Gasteiger partial charge is 0.316 e. The van der Waals surface area contributed by atoms with Crippen LogP contribution in [0.5, 0.6) is 5.75 Å². The molecule has 0 saturated carbocycles. The van der Waals surface area contributed by atoms with Crippen LogP contribution in [0.2, 0.25) is 5.02 Å². The maximum absolute atomic E-state index is 13.0. The number of ether oxygens (including phenoxy) is 2. The minimum Gasteiger partial charge on any atom is -0.495 e. The number of aliphatic imine (C=N–C) groups is 1. The van der Waals surface area contributed by atoms with Crippen LogP contribution in [0.4, 0.5) is 5.69 Å². The Bertz CT molecular complexity index is 941. The highest BCUT2D eigenvalue weighted by atomic mass is 35.5. The van der Waals surface area contributed by atoms with Crippen molar-refractivity contribution in [3.05, 3.63) is 51.3 Å². The molecule has 1 amide bonds. The summed E-state index contributed by atoms with van der Waals surface area (Å²) in [5.41, 5.74) is 0.834. The van der Waals surface area contributed by atoms with Gasteiger partial charge in [-0.3, -0.25) is 14.5 Å². The monoisotopic (exact) mass is 436 g/mol. The molecule has 1 aliphatic heterocycles. The Balaban J connectivity index is 1.93. The number of hydrogen-bond donors (Lipinski definition) is 0. The van der Waals surface area contributed by atoms with E-state index < -0.39 is 0 Å². The van der Waals surface area contributed by atoms with Crippen LogP contribution >= 0.6 is 34.7 Å². The second-order valence-electron chi connectivity index (χ2n) is 5.49. The number of anilines is 1. The van der Waals surface area contributed by atoms with E-state index in [4.69, 9.17) is 21.1 Å². The van der Waals surface area contributed by atoms with Crippen molar-refractivity contribution in [2.75, 3.05) is 24.4 Å². The van der Waals surface area contributed by atoms with Crippen LogP contribution in [-0.4, -0.2) is 36.5 Å². The molecule has 146 valence electrons. The van der Waals surface area contributed by atoms with E-state index in [9.17, 15) is 9.59 Å². The van der Waals surface area contributed by atoms with Gasteiger partial charge < -0.3 is 9.47 Å². The molecule has 2 aromatic rings. The number of methoxy groups -OCH3 is 1. The molecule has 2 heterocycles. The Kier molecular flexibility index (Phi) is 6.77. The number of thiophene rings is 1. The highest BCUT2D eigenvalue weighted by Crippen LogP contribution is 2.34. The summed E-state index contributed by atoms with van der Waals surface area (Å²) < 4.78 is 10.1. The van der Waals surface area contributed by atoms with E-state index in [-0.39, 0.29) is 17.6 Å². The van der Waals surface area contributed by atoms with Crippen molar-refractivity contribution in [3.8, 4) is 5.75 Å². The summed E-state index contributed by atoms with van der Waals surface area (Å²) in [4.78, 5) is 31.6. The maximum atomic E-state index is 13.0. The summed E-state index contributed by atoms with van der Waals surface area (Å²) in [6, 6.07) is 8.83. The van der Waals surface area contributed by atoms with Gasteiger partial charge in [0.25, 0.3) is 5.91 Å². The number of amidine groups is 1. The number of carbonyl (C=O) groups excluding carboxylic acids is 2. The predicted octanol–water partition coefficient (Wildman–Crippen LogP) is 4.45. The summed E-state index contributed by atoms with van der Waals surface area (Å²) in [7, 11) is 1.52. The van der Waals surface area contributed by atoms with E-state index in [1.165, 1.54) is 23.3 Å². The molecule has 0 radical (unpaired) electrons. The number of esters is 1. The fourth-order valence-electron chi connectivity index (χ4n) is 2.45. The summed E-state index contributed by atoms with van der Waals surface area (Å²) in [6.45, 7) is 2.04. The third-order valence-corrected chi connectivity index (χ3v) is 5.70. The lowest BCUT2D eigenvalue weighted by Gasteiger charge is -2.18. The zero-order chi connectivity index (χ0) is 20.1. The third kappa shape index (κ3) is 4.57.